The van der Waals surface area contributed by atoms with Crippen LogP contribution in [0.3, 0.4) is 0 Å². The van der Waals surface area contributed by atoms with Gasteiger partial charge in [0.05, 0.1) is 0 Å². The third-order valence-electron chi connectivity index (χ3n) is 2.98. The van der Waals surface area contributed by atoms with E-state index in [9.17, 15) is 9.59 Å². The second-order valence-electron chi connectivity index (χ2n) is 4.54. The Morgan fingerprint density at radius 3 is 2.23 bits per heavy atom. The molecule has 0 atom stereocenters. The quantitative estimate of drug-likeness (QED) is 0.658. The number of hydrogen-bond acceptors (Lipinski definition) is 3. The maximum absolute atomic E-state index is 11.8. The second kappa shape index (κ2) is 7.47. The number of anilines is 1. The van der Waals surface area contributed by atoms with Crippen LogP contribution in [-0.2, 0) is 4.79 Å². The molecule has 2 rings (SSSR count). The summed E-state index contributed by atoms with van der Waals surface area (Å²) in [6, 6.07) is 14.3. The largest absolute Gasteiger partial charge is 0.366 e. The average Bonchev–Trinajstić information content (AvgIpc) is 2.54. The molecule has 0 spiro atoms. The molecule has 0 saturated carbocycles. The summed E-state index contributed by atoms with van der Waals surface area (Å²) in [6.07, 6.45) is 5.23. The molecule has 0 radical (unpaired) electrons. The van der Waals surface area contributed by atoms with E-state index in [4.69, 9.17) is 5.73 Å². The van der Waals surface area contributed by atoms with Crippen molar-refractivity contribution in [2.75, 3.05) is 11.6 Å². The number of carbonyl (C=O) groups excluding carboxylic acids is 2. The lowest BCUT2D eigenvalue weighted by Crippen LogP contribution is -2.11. The Bertz CT molecular complexity index is 692. The zero-order valence-corrected chi connectivity index (χ0v) is 12.9. The Kier molecular flexibility index (Phi) is 5.38. The highest BCUT2D eigenvalue weighted by Gasteiger charge is 2.01. The molecule has 112 valence electrons. The normalized spacial score (nSPS) is 10.6. The SMILES string of the molecule is CSc1ccc(C=CC(=O)Nc2ccc(C(N)=O)cc2)cc1. The number of amides is 2. The predicted molar refractivity (Wildman–Crippen MR) is 90.8 cm³/mol. The maximum Gasteiger partial charge on any atom is 0.248 e. The average molecular weight is 312 g/mol. The third kappa shape index (κ3) is 4.49. The van der Waals surface area contributed by atoms with Crippen LogP contribution in [0.15, 0.2) is 59.5 Å². The lowest BCUT2D eigenvalue weighted by molar-refractivity contribution is -0.111. The first kappa shape index (κ1) is 15.9. The van der Waals surface area contributed by atoms with E-state index < -0.39 is 5.91 Å². The molecule has 22 heavy (non-hydrogen) atoms. The van der Waals surface area contributed by atoms with Crippen molar-refractivity contribution < 1.29 is 9.59 Å². The Morgan fingerprint density at radius 1 is 1.05 bits per heavy atom. The summed E-state index contributed by atoms with van der Waals surface area (Å²) in [5.74, 6) is -0.729. The molecule has 4 nitrogen and oxygen atoms in total. The second-order valence-corrected chi connectivity index (χ2v) is 5.42. The highest BCUT2D eigenvalue weighted by Crippen LogP contribution is 2.15. The van der Waals surface area contributed by atoms with Gasteiger partial charge in [0, 0.05) is 22.2 Å². The van der Waals surface area contributed by atoms with Crippen LogP contribution in [-0.4, -0.2) is 18.1 Å². The summed E-state index contributed by atoms with van der Waals surface area (Å²) in [7, 11) is 0. The molecule has 2 aromatic carbocycles. The molecule has 0 heterocycles. The van der Waals surface area contributed by atoms with Crippen LogP contribution in [0.25, 0.3) is 6.08 Å². The number of nitrogens with one attached hydrogen (secondary N) is 1. The Hall–Kier alpha value is -2.53. The van der Waals surface area contributed by atoms with Crippen molar-refractivity contribution >= 4 is 35.3 Å². The van der Waals surface area contributed by atoms with Crippen molar-refractivity contribution in [3.8, 4) is 0 Å². The van der Waals surface area contributed by atoms with Crippen molar-refractivity contribution in [1.29, 1.82) is 0 Å². The van der Waals surface area contributed by atoms with Gasteiger partial charge < -0.3 is 11.1 Å². The Balaban J connectivity index is 1.96. The molecule has 0 aliphatic heterocycles. The molecule has 0 aliphatic carbocycles. The molecular weight excluding hydrogens is 296 g/mol. The molecule has 5 heteroatoms. The number of benzene rings is 2. The number of thioether (sulfide) groups is 1. The molecule has 0 bridgehead atoms. The minimum absolute atomic E-state index is 0.235. The van der Waals surface area contributed by atoms with E-state index in [1.165, 1.54) is 11.0 Å². The van der Waals surface area contributed by atoms with Gasteiger partial charge in [-0.15, -0.1) is 11.8 Å². The summed E-state index contributed by atoms with van der Waals surface area (Å²) in [5, 5.41) is 2.72. The van der Waals surface area contributed by atoms with Gasteiger partial charge in [0.2, 0.25) is 11.8 Å². The molecule has 0 fully saturated rings. The monoisotopic (exact) mass is 312 g/mol. The molecule has 3 N–H and O–H groups in total. The van der Waals surface area contributed by atoms with Crippen molar-refractivity contribution in [2.45, 2.75) is 4.90 Å². The topological polar surface area (TPSA) is 72.2 Å². The molecular formula is C17H16N2O2S. The van der Waals surface area contributed by atoms with E-state index in [1.807, 2.05) is 30.5 Å². The van der Waals surface area contributed by atoms with E-state index in [-0.39, 0.29) is 5.91 Å². The van der Waals surface area contributed by atoms with Gasteiger partial charge in [-0.1, -0.05) is 12.1 Å². The van der Waals surface area contributed by atoms with E-state index in [2.05, 4.69) is 5.32 Å². The first-order valence-corrected chi connectivity index (χ1v) is 7.84. The van der Waals surface area contributed by atoms with Crippen molar-refractivity contribution in [2.24, 2.45) is 5.73 Å². The molecule has 0 aromatic heterocycles. The highest BCUT2D eigenvalue weighted by molar-refractivity contribution is 7.98. The van der Waals surface area contributed by atoms with Gasteiger partial charge in [0.1, 0.15) is 0 Å². The lowest BCUT2D eigenvalue weighted by atomic mass is 10.2. The molecule has 2 aromatic rings. The van der Waals surface area contributed by atoms with Crippen LogP contribution in [0.1, 0.15) is 15.9 Å². The summed E-state index contributed by atoms with van der Waals surface area (Å²) in [6.45, 7) is 0. The van der Waals surface area contributed by atoms with Gasteiger partial charge in [-0.05, 0) is 54.3 Å². The maximum atomic E-state index is 11.8. The third-order valence-corrected chi connectivity index (χ3v) is 3.72. The minimum Gasteiger partial charge on any atom is -0.366 e. The van der Waals surface area contributed by atoms with E-state index in [0.717, 1.165) is 5.56 Å². The fourth-order valence-electron chi connectivity index (χ4n) is 1.79. The first-order chi connectivity index (χ1) is 10.6. The summed E-state index contributed by atoms with van der Waals surface area (Å²) in [4.78, 5) is 24.0. The number of carbonyl (C=O) groups is 2. The van der Waals surface area contributed by atoms with Crippen molar-refractivity contribution in [3.05, 3.63) is 65.7 Å². The fourth-order valence-corrected chi connectivity index (χ4v) is 2.20. The number of hydrogen-bond donors (Lipinski definition) is 2. The van der Waals surface area contributed by atoms with Crippen LogP contribution in [0.4, 0.5) is 5.69 Å². The van der Waals surface area contributed by atoms with Gasteiger partial charge in [0.15, 0.2) is 0 Å². The molecule has 2 amide bonds. The van der Waals surface area contributed by atoms with Crippen molar-refractivity contribution in [1.82, 2.24) is 0 Å². The van der Waals surface area contributed by atoms with Crippen LogP contribution in [0.2, 0.25) is 0 Å². The van der Waals surface area contributed by atoms with Gasteiger partial charge in [-0.2, -0.15) is 0 Å². The lowest BCUT2D eigenvalue weighted by Gasteiger charge is -2.03. The first-order valence-electron chi connectivity index (χ1n) is 6.61. The predicted octanol–water partition coefficient (Wildman–Crippen LogP) is 3.16. The summed E-state index contributed by atoms with van der Waals surface area (Å²) < 4.78 is 0. The Morgan fingerprint density at radius 2 is 1.68 bits per heavy atom. The van der Waals surface area contributed by atoms with Gasteiger partial charge in [0.25, 0.3) is 0 Å². The van der Waals surface area contributed by atoms with Crippen LogP contribution in [0, 0.1) is 0 Å². The van der Waals surface area contributed by atoms with Crippen LogP contribution < -0.4 is 11.1 Å². The standard InChI is InChI=1S/C17H16N2O2S/c1-22-15-9-2-12(3-10-15)4-11-16(20)19-14-7-5-13(6-8-14)17(18)21/h2-11H,1H3,(H2,18,21)(H,19,20). The van der Waals surface area contributed by atoms with E-state index >= 15 is 0 Å². The molecule has 0 unspecified atom stereocenters. The summed E-state index contributed by atoms with van der Waals surface area (Å²) in [5.41, 5.74) is 7.13. The minimum atomic E-state index is -0.494. The fraction of sp³-hybridized carbons (Fsp3) is 0.0588. The molecule has 0 saturated heterocycles. The van der Waals surface area contributed by atoms with Crippen LogP contribution in [0.5, 0.6) is 0 Å². The van der Waals surface area contributed by atoms with E-state index in [1.54, 1.807) is 42.1 Å². The smallest absolute Gasteiger partial charge is 0.248 e. The number of primary amides is 1. The highest BCUT2D eigenvalue weighted by atomic mass is 32.2. The van der Waals surface area contributed by atoms with Crippen molar-refractivity contribution in [3.63, 3.8) is 0 Å². The number of rotatable bonds is 5. The zero-order chi connectivity index (χ0) is 15.9. The van der Waals surface area contributed by atoms with Gasteiger partial charge >= 0.3 is 0 Å². The summed E-state index contributed by atoms with van der Waals surface area (Å²) >= 11 is 1.67. The Labute approximate surface area is 133 Å². The van der Waals surface area contributed by atoms with Gasteiger partial charge in [-0.3, -0.25) is 9.59 Å². The molecule has 0 aliphatic rings. The zero-order valence-electron chi connectivity index (χ0n) is 12.1. The van der Waals surface area contributed by atoms with Crippen LogP contribution >= 0.6 is 11.8 Å². The number of nitrogens with two attached hydrogens (primary N) is 1. The van der Waals surface area contributed by atoms with E-state index in [0.29, 0.717) is 11.3 Å². The van der Waals surface area contributed by atoms with Gasteiger partial charge in [-0.25, -0.2) is 0 Å².